The molecule has 0 aliphatic carbocycles. The molecule has 0 rings (SSSR count). The van der Waals surface area contributed by atoms with E-state index in [0.29, 0.717) is 0 Å². The zero-order chi connectivity index (χ0) is 12.5. The molecular formula is C17H40. The van der Waals surface area contributed by atoms with E-state index in [4.69, 9.17) is 0 Å². The van der Waals surface area contributed by atoms with Gasteiger partial charge in [0.2, 0.25) is 0 Å². The van der Waals surface area contributed by atoms with E-state index in [1.807, 2.05) is 0 Å². The van der Waals surface area contributed by atoms with Crippen LogP contribution in [-0.4, -0.2) is 0 Å². The molecule has 0 aromatic carbocycles. The van der Waals surface area contributed by atoms with Gasteiger partial charge in [-0.3, -0.25) is 0 Å². The topological polar surface area (TPSA) is 0 Å². The number of rotatable bonds is 10. The molecule has 0 unspecified atom stereocenters. The van der Waals surface area contributed by atoms with Gasteiger partial charge in [0.25, 0.3) is 0 Å². The second kappa shape index (κ2) is 25.0. The summed E-state index contributed by atoms with van der Waals surface area (Å²) in [5.74, 6) is 0. The second-order valence-corrected chi connectivity index (χ2v) is 4.83. The molecule has 0 saturated heterocycles. The summed E-state index contributed by atoms with van der Waals surface area (Å²) in [5, 5.41) is 0. The molecule has 0 N–H and O–H groups in total. The van der Waals surface area contributed by atoms with Crippen molar-refractivity contribution in [1.82, 2.24) is 0 Å². The van der Waals surface area contributed by atoms with E-state index in [2.05, 4.69) is 27.7 Å². The van der Waals surface area contributed by atoms with E-state index in [9.17, 15) is 0 Å². The average Bonchev–Trinajstić information content (AvgIpc) is 2.31. The molecule has 0 aromatic rings. The molecule has 17 heavy (non-hydrogen) atoms. The minimum absolute atomic E-state index is 0. The predicted molar refractivity (Wildman–Crippen MR) is 84.8 cm³/mol. The van der Waals surface area contributed by atoms with E-state index in [1.165, 1.54) is 77.0 Å². The fraction of sp³-hybridized carbons (Fsp3) is 1.00. The van der Waals surface area contributed by atoms with Crippen molar-refractivity contribution >= 4 is 0 Å². The van der Waals surface area contributed by atoms with Gasteiger partial charge in [-0.25, -0.2) is 0 Å². The maximum atomic E-state index is 2.26. The van der Waals surface area contributed by atoms with Gasteiger partial charge in [-0.15, -0.1) is 0 Å². The molecule has 0 aliphatic rings. The normalized spacial score (nSPS) is 9.18. The van der Waals surface area contributed by atoms with Gasteiger partial charge in [-0.2, -0.15) is 0 Å². The number of unbranched alkanes of at least 4 members (excludes halogenated alkanes) is 10. The Hall–Kier alpha value is 0. The van der Waals surface area contributed by atoms with E-state index in [0.717, 1.165) is 0 Å². The first-order valence-corrected chi connectivity index (χ1v) is 7.83. The van der Waals surface area contributed by atoms with Gasteiger partial charge in [0.05, 0.1) is 0 Å². The van der Waals surface area contributed by atoms with Gasteiger partial charge in [-0.1, -0.05) is 112 Å². The second-order valence-electron chi connectivity index (χ2n) is 4.83. The first-order valence-electron chi connectivity index (χ1n) is 7.83. The molecule has 0 bridgehead atoms. The highest BCUT2D eigenvalue weighted by molar-refractivity contribution is 4.41. The van der Waals surface area contributed by atoms with Crippen LogP contribution in [0, 0.1) is 0 Å². The van der Waals surface area contributed by atoms with Gasteiger partial charge in [0.15, 0.2) is 0 Å². The summed E-state index contributed by atoms with van der Waals surface area (Å²) >= 11 is 0. The standard InChI is InChI=1S/C9H20.C7H16.CH4/c1-3-5-7-9-8-6-4-2;1-3-5-7-6-4-2;/h3-9H2,1-2H3;3-7H2,1-2H3;1H4. The Morgan fingerprint density at radius 1 is 0.353 bits per heavy atom. The highest BCUT2D eigenvalue weighted by atomic mass is 13.9. The Morgan fingerprint density at radius 2 is 0.529 bits per heavy atom. The lowest BCUT2D eigenvalue weighted by atomic mass is 10.1. The predicted octanol–water partition coefficient (Wildman–Crippen LogP) is 7.37. The molecule has 0 saturated carbocycles. The van der Waals surface area contributed by atoms with E-state index in [-0.39, 0.29) is 7.43 Å². The summed E-state index contributed by atoms with van der Waals surface area (Å²) in [6.07, 6.45) is 17.0. The van der Waals surface area contributed by atoms with Crippen molar-refractivity contribution in [3.63, 3.8) is 0 Å². The van der Waals surface area contributed by atoms with E-state index >= 15 is 0 Å². The van der Waals surface area contributed by atoms with Gasteiger partial charge in [0, 0.05) is 0 Å². The quantitative estimate of drug-likeness (QED) is 0.352. The van der Waals surface area contributed by atoms with Crippen molar-refractivity contribution in [2.75, 3.05) is 0 Å². The summed E-state index contributed by atoms with van der Waals surface area (Å²) in [6.45, 7) is 9.02. The van der Waals surface area contributed by atoms with Crippen LogP contribution in [0.25, 0.3) is 0 Å². The van der Waals surface area contributed by atoms with E-state index in [1.54, 1.807) is 0 Å². The van der Waals surface area contributed by atoms with Crippen LogP contribution >= 0.6 is 0 Å². The molecule has 0 heteroatoms. The maximum Gasteiger partial charge on any atom is -0.0533 e. The lowest BCUT2D eigenvalue weighted by Gasteiger charge is -1.96. The molecule has 0 nitrogen and oxygen atoms in total. The van der Waals surface area contributed by atoms with Crippen LogP contribution in [0.4, 0.5) is 0 Å². The summed E-state index contributed by atoms with van der Waals surface area (Å²) in [7, 11) is 0. The van der Waals surface area contributed by atoms with Crippen LogP contribution in [0.15, 0.2) is 0 Å². The molecule has 0 atom stereocenters. The van der Waals surface area contributed by atoms with Crippen molar-refractivity contribution in [1.29, 1.82) is 0 Å². The molecule has 0 radical (unpaired) electrons. The Bertz CT molecular complexity index is 76.0. The van der Waals surface area contributed by atoms with Gasteiger partial charge in [0.1, 0.15) is 0 Å². The maximum absolute atomic E-state index is 2.26. The molecular weight excluding hydrogens is 204 g/mol. The number of hydrogen-bond donors (Lipinski definition) is 0. The van der Waals surface area contributed by atoms with Crippen molar-refractivity contribution in [2.45, 2.75) is 112 Å². The van der Waals surface area contributed by atoms with Crippen LogP contribution in [0.1, 0.15) is 112 Å². The zero-order valence-corrected chi connectivity index (χ0v) is 12.5. The van der Waals surface area contributed by atoms with Gasteiger partial charge >= 0.3 is 0 Å². The fourth-order valence-corrected chi connectivity index (χ4v) is 1.71. The van der Waals surface area contributed by atoms with Gasteiger partial charge in [-0.05, 0) is 0 Å². The third-order valence-corrected chi connectivity index (χ3v) is 2.91. The van der Waals surface area contributed by atoms with Crippen molar-refractivity contribution < 1.29 is 0 Å². The Morgan fingerprint density at radius 3 is 0.765 bits per heavy atom. The first kappa shape index (κ1) is 22.2. The third-order valence-electron chi connectivity index (χ3n) is 2.91. The molecule has 108 valence electrons. The average molecular weight is 245 g/mol. The highest BCUT2D eigenvalue weighted by Gasteiger charge is 1.85. The summed E-state index contributed by atoms with van der Waals surface area (Å²) < 4.78 is 0. The van der Waals surface area contributed by atoms with Crippen molar-refractivity contribution in [3.8, 4) is 0 Å². The lowest BCUT2D eigenvalue weighted by molar-refractivity contribution is 0.602. The Balaban J connectivity index is -0.000000224. The monoisotopic (exact) mass is 244 g/mol. The largest absolute Gasteiger partial charge is 0.0776 e. The Kier molecular flexibility index (Phi) is 32.7. The Labute approximate surface area is 113 Å². The SMILES string of the molecule is C.CCCCCCC.CCCCCCCCC. The first-order chi connectivity index (χ1) is 7.83. The molecule has 0 heterocycles. The fourth-order valence-electron chi connectivity index (χ4n) is 1.71. The lowest BCUT2D eigenvalue weighted by Crippen LogP contribution is -1.76. The van der Waals surface area contributed by atoms with Crippen molar-refractivity contribution in [3.05, 3.63) is 0 Å². The van der Waals surface area contributed by atoms with Crippen molar-refractivity contribution in [2.24, 2.45) is 0 Å². The summed E-state index contributed by atoms with van der Waals surface area (Å²) in [4.78, 5) is 0. The minimum Gasteiger partial charge on any atom is -0.0776 e. The molecule has 0 aromatic heterocycles. The third kappa shape index (κ3) is 31.4. The van der Waals surface area contributed by atoms with Crippen LogP contribution in [0.3, 0.4) is 0 Å². The summed E-state index contributed by atoms with van der Waals surface area (Å²) in [6, 6.07) is 0. The zero-order valence-electron chi connectivity index (χ0n) is 12.5. The summed E-state index contributed by atoms with van der Waals surface area (Å²) in [5.41, 5.74) is 0. The van der Waals surface area contributed by atoms with Gasteiger partial charge < -0.3 is 0 Å². The van der Waals surface area contributed by atoms with E-state index < -0.39 is 0 Å². The number of hydrogen-bond acceptors (Lipinski definition) is 0. The molecule has 0 fully saturated rings. The molecule has 0 aliphatic heterocycles. The highest BCUT2D eigenvalue weighted by Crippen LogP contribution is 2.05. The molecule has 0 spiro atoms. The van der Waals surface area contributed by atoms with Crippen LogP contribution in [-0.2, 0) is 0 Å². The molecule has 0 amide bonds. The minimum atomic E-state index is 0. The van der Waals surface area contributed by atoms with Crippen LogP contribution in [0.5, 0.6) is 0 Å². The smallest absolute Gasteiger partial charge is 0.0533 e. The van der Waals surface area contributed by atoms with Crippen LogP contribution in [0.2, 0.25) is 0 Å². The van der Waals surface area contributed by atoms with Crippen LogP contribution < -0.4 is 0 Å².